The van der Waals surface area contributed by atoms with Crippen LogP contribution in [0.2, 0.25) is 0 Å². The first-order valence-electron chi connectivity index (χ1n) is 7.74. The SMILES string of the molecule is CC(C)c1ccc(CN2CCC(C)(/C(N)=N/O)CC2)cc1. The molecule has 1 aromatic carbocycles. The average Bonchev–Trinajstić information content (AvgIpc) is 2.49. The third kappa shape index (κ3) is 3.76. The molecule has 0 aliphatic carbocycles. The van der Waals surface area contributed by atoms with Gasteiger partial charge in [-0.15, -0.1) is 0 Å². The lowest BCUT2D eigenvalue weighted by molar-refractivity contribution is 0.153. The molecule has 0 radical (unpaired) electrons. The third-order valence-corrected chi connectivity index (χ3v) is 4.74. The number of piperidine rings is 1. The lowest BCUT2D eigenvalue weighted by atomic mass is 9.79. The summed E-state index contributed by atoms with van der Waals surface area (Å²) < 4.78 is 0. The molecule has 21 heavy (non-hydrogen) atoms. The molecule has 0 saturated carbocycles. The highest BCUT2D eigenvalue weighted by Gasteiger charge is 2.34. The van der Waals surface area contributed by atoms with E-state index in [0.717, 1.165) is 32.5 Å². The smallest absolute Gasteiger partial charge is 0.145 e. The van der Waals surface area contributed by atoms with Gasteiger partial charge in [0.1, 0.15) is 5.84 Å². The number of benzene rings is 1. The van der Waals surface area contributed by atoms with Crippen molar-refractivity contribution in [1.82, 2.24) is 4.90 Å². The Kier molecular flexibility index (Phi) is 4.88. The predicted molar refractivity (Wildman–Crippen MR) is 86.6 cm³/mol. The van der Waals surface area contributed by atoms with Gasteiger partial charge in [-0.25, -0.2) is 0 Å². The fourth-order valence-electron chi connectivity index (χ4n) is 2.85. The Labute approximate surface area is 127 Å². The van der Waals surface area contributed by atoms with E-state index in [9.17, 15) is 0 Å². The van der Waals surface area contributed by atoms with Crippen molar-refractivity contribution in [1.29, 1.82) is 0 Å². The lowest BCUT2D eigenvalue weighted by Gasteiger charge is -2.38. The Morgan fingerprint density at radius 1 is 1.29 bits per heavy atom. The van der Waals surface area contributed by atoms with Crippen molar-refractivity contribution in [3.8, 4) is 0 Å². The van der Waals surface area contributed by atoms with Crippen molar-refractivity contribution in [3.63, 3.8) is 0 Å². The average molecular weight is 289 g/mol. The van der Waals surface area contributed by atoms with Crippen LogP contribution >= 0.6 is 0 Å². The first kappa shape index (κ1) is 15.8. The number of nitrogens with zero attached hydrogens (tertiary/aromatic N) is 2. The summed E-state index contributed by atoms with van der Waals surface area (Å²) in [6.45, 7) is 9.46. The summed E-state index contributed by atoms with van der Waals surface area (Å²) in [5.74, 6) is 0.943. The van der Waals surface area contributed by atoms with Gasteiger partial charge in [0, 0.05) is 12.0 Å². The monoisotopic (exact) mass is 289 g/mol. The second kappa shape index (κ2) is 6.48. The first-order chi connectivity index (χ1) is 9.94. The number of hydrogen-bond donors (Lipinski definition) is 2. The maximum atomic E-state index is 8.87. The van der Waals surface area contributed by atoms with Crippen LogP contribution in [0.1, 0.15) is 50.7 Å². The zero-order chi connectivity index (χ0) is 15.5. The highest BCUT2D eigenvalue weighted by atomic mass is 16.4. The van der Waals surface area contributed by atoms with Crippen molar-refractivity contribution in [2.24, 2.45) is 16.3 Å². The van der Waals surface area contributed by atoms with Gasteiger partial charge < -0.3 is 10.9 Å². The number of oxime groups is 1. The van der Waals surface area contributed by atoms with Crippen LogP contribution in [0.15, 0.2) is 29.4 Å². The molecule has 1 aromatic rings. The van der Waals surface area contributed by atoms with Gasteiger partial charge in [-0.2, -0.15) is 0 Å². The molecule has 1 fully saturated rings. The lowest BCUT2D eigenvalue weighted by Crippen LogP contribution is -2.45. The molecule has 0 atom stereocenters. The molecule has 2 rings (SSSR count). The topological polar surface area (TPSA) is 61.8 Å². The van der Waals surface area contributed by atoms with Crippen molar-refractivity contribution < 1.29 is 5.21 Å². The molecule has 1 saturated heterocycles. The maximum Gasteiger partial charge on any atom is 0.145 e. The third-order valence-electron chi connectivity index (χ3n) is 4.74. The summed E-state index contributed by atoms with van der Waals surface area (Å²) in [7, 11) is 0. The van der Waals surface area contributed by atoms with Gasteiger partial charge in [0.25, 0.3) is 0 Å². The molecular formula is C17H27N3O. The summed E-state index contributed by atoms with van der Waals surface area (Å²) in [6, 6.07) is 8.91. The van der Waals surface area contributed by atoms with E-state index in [4.69, 9.17) is 10.9 Å². The quantitative estimate of drug-likeness (QED) is 0.387. The second-order valence-corrected chi connectivity index (χ2v) is 6.72. The normalized spacial score (nSPS) is 19.9. The fraction of sp³-hybridized carbons (Fsp3) is 0.588. The van der Waals surface area contributed by atoms with Crippen LogP contribution in [-0.4, -0.2) is 29.0 Å². The van der Waals surface area contributed by atoms with Gasteiger partial charge >= 0.3 is 0 Å². The van der Waals surface area contributed by atoms with E-state index in [-0.39, 0.29) is 5.41 Å². The molecule has 0 amide bonds. The van der Waals surface area contributed by atoms with E-state index in [1.807, 2.05) is 0 Å². The van der Waals surface area contributed by atoms with E-state index in [1.54, 1.807) is 0 Å². The Bertz CT molecular complexity index is 485. The molecular weight excluding hydrogens is 262 g/mol. The van der Waals surface area contributed by atoms with Crippen LogP contribution in [-0.2, 0) is 6.54 Å². The van der Waals surface area contributed by atoms with Crippen molar-refractivity contribution in [2.45, 2.75) is 46.1 Å². The second-order valence-electron chi connectivity index (χ2n) is 6.72. The Morgan fingerprint density at radius 2 is 1.86 bits per heavy atom. The molecule has 4 heteroatoms. The number of likely N-dealkylation sites (tertiary alicyclic amines) is 1. The summed E-state index contributed by atoms with van der Waals surface area (Å²) in [5, 5.41) is 12.1. The molecule has 0 unspecified atom stereocenters. The summed E-state index contributed by atoms with van der Waals surface area (Å²) >= 11 is 0. The standard InChI is InChI=1S/C17H27N3O/c1-13(2)15-6-4-14(5-7-15)12-20-10-8-17(3,9-11-20)16(18)19-21/h4-7,13,21H,8-12H2,1-3H3,(H2,18,19). The van der Waals surface area contributed by atoms with Crippen molar-refractivity contribution in [2.75, 3.05) is 13.1 Å². The van der Waals surface area contributed by atoms with Crippen LogP contribution < -0.4 is 5.73 Å². The van der Waals surface area contributed by atoms with E-state index >= 15 is 0 Å². The highest BCUT2D eigenvalue weighted by molar-refractivity contribution is 5.85. The van der Waals surface area contributed by atoms with Gasteiger partial charge in [-0.05, 0) is 43.0 Å². The molecule has 1 heterocycles. The largest absolute Gasteiger partial charge is 0.409 e. The van der Waals surface area contributed by atoms with Gasteiger partial charge in [-0.1, -0.05) is 50.2 Å². The van der Waals surface area contributed by atoms with E-state index in [2.05, 4.69) is 55.1 Å². The Hall–Kier alpha value is -1.55. The van der Waals surface area contributed by atoms with Crippen molar-refractivity contribution >= 4 is 5.84 Å². The van der Waals surface area contributed by atoms with Gasteiger partial charge in [0.2, 0.25) is 0 Å². The molecule has 0 bridgehead atoms. The van der Waals surface area contributed by atoms with E-state index < -0.39 is 0 Å². The minimum atomic E-state index is -0.160. The van der Waals surface area contributed by atoms with Gasteiger partial charge in [0.15, 0.2) is 0 Å². The van der Waals surface area contributed by atoms with E-state index in [1.165, 1.54) is 11.1 Å². The molecule has 0 spiro atoms. The fourth-order valence-corrected chi connectivity index (χ4v) is 2.85. The Balaban J connectivity index is 1.91. The molecule has 4 nitrogen and oxygen atoms in total. The zero-order valence-corrected chi connectivity index (χ0v) is 13.3. The van der Waals surface area contributed by atoms with Crippen LogP contribution in [0.5, 0.6) is 0 Å². The van der Waals surface area contributed by atoms with Crippen molar-refractivity contribution in [3.05, 3.63) is 35.4 Å². The summed E-state index contributed by atoms with van der Waals surface area (Å²) in [4.78, 5) is 2.44. The van der Waals surface area contributed by atoms with Gasteiger partial charge in [-0.3, -0.25) is 4.90 Å². The minimum Gasteiger partial charge on any atom is -0.409 e. The minimum absolute atomic E-state index is 0.160. The highest BCUT2D eigenvalue weighted by Crippen LogP contribution is 2.31. The zero-order valence-electron chi connectivity index (χ0n) is 13.3. The number of nitrogens with two attached hydrogens (primary N) is 1. The van der Waals surface area contributed by atoms with Gasteiger partial charge in [0.05, 0.1) is 0 Å². The molecule has 1 aliphatic heterocycles. The molecule has 116 valence electrons. The maximum absolute atomic E-state index is 8.87. The first-order valence-corrected chi connectivity index (χ1v) is 7.74. The van der Waals surface area contributed by atoms with E-state index in [0.29, 0.717) is 11.8 Å². The number of rotatable bonds is 4. The Morgan fingerprint density at radius 3 is 2.33 bits per heavy atom. The van der Waals surface area contributed by atoms with Crippen LogP contribution in [0.3, 0.4) is 0 Å². The van der Waals surface area contributed by atoms with Crippen LogP contribution in [0.25, 0.3) is 0 Å². The number of amidine groups is 1. The summed E-state index contributed by atoms with van der Waals surface area (Å²) in [5.41, 5.74) is 8.39. The number of hydrogen-bond acceptors (Lipinski definition) is 3. The molecule has 1 aliphatic rings. The van der Waals surface area contributed by atoms with Crippen LogP contribution in [0.4, 0.5) is 0 Å². The molecule has 3 N–H and O–H groups in total. The predicted octanol–water partition coefficient (Wildman–Crippen LogP) is 3.16. The summed E-state index contributed by atoms with van der Waals surface area (Å²) in [6.07, 6.45) is 1.87. The van der Waals surface area contributed by atoms with Crippen LogP contribution in [0, 0.1) is 5.41 Å². The molecule has 0 aromatic heterocycles.